The third-order valence-corrected chi connectivity index (χ3v) is 5.03. The van der Waals surface area contributed by atoms with Crippen LogP contribution < -0.4 is 3.53 Å². The zero-order valence-electron chi connectivity index (χ0n) is 12.2. The zero-order valence-corrected chi connectivity index (χ0v) is 15.1. The normalized spacial score (nSPS) is 15.4. The first kappa shape index (κ1) is 14.7. The summed E-state index contributed by atoms with van der Waals surface area (Å²) in [5, 5.41) is 1.02. The number of aromatic nitrogens is 1. The van der Waals surface area contributed by atoms with Crippen molar-refractivity contribution in [2.24, 2.45) is 5.92 Å². The molecule has 0 aliphatic heterocycles. The van der Waals surface area contributed by atoms with E-state index < -0.39 is 0 Å². The topological polar surface area (TPSA) is 39.2 Å². The molecule has 1 fully saturated rings. The van der Waals surface area contributed by atoms with E-state index in [1.165, 1.54) is 25.7 Å². The first-order valence-electron chi connectivity index (χ1n) is 7.62. The summed E-state index contributed by atoms with van der Waals surface area (Å²) in [7, 11) is 0. The fourth-order valence-electron chi connectivity index (χ4n) is 3.25. The Morgan fingerprint density at radius 2 is 2.10 bits per heavy atom. The number of hydrogen-bond acceptors (Lipinski definition) is 3. The number of carbonyl (C=O) groups excluding carboxylic acids is 1. The SMILES string of the molecule is O=C(CCC1CCCC1)c1ccc2cccnc2c1[O][GaH]. The number of hydrogen-bond donors (Lipinski definition) is 0. The number of fused-ring (bicyclic) bond motifs is 1. The van der Waals surface area contributed by atoms with E-state index in [4.69, 9.17) is 3.53 Å². The van der Waals surface area contributed by atoms with Gasteiger partial charge >= 0.3 is 135 Å². The molecular formula is C17H19GaNO2. The molecule has 3 rings (SSSR count). The van der Waals surface area contributed by atoms with Crippen molar-refractivity contribution in [3.8, 4) is 5.75 Å². The van der Waals surface area contributed by atoms with Gasteiger partial charge in [0.1, 0.15) is 0 Å². The molecular weight excluding hydrogens is 320 g/mol. The second kappa shape index (κ2) is 6.67. The fourth-order valence-corrected chi connectivity index (χ4v) is 3.87. The fraction of sp³-hybridized carbons (Fsp3) is 0.412. The molecule has 2 aromatic rings. The van der Waals surface area contributed by atoms with E-state index in [9.17, 15) is 4.79 Å². The van der Waals surface area contributed by atoms with Gasteiger partial charge in [-0.1, -0.05) is 0 Å². The molecule has 1 radical (unpaired) electrons. The second-order valence-corrected chi connectivity index (χ2v) is 6.38. The van der Waals surface area contributed by atoms with Gasteiger partial charge in [-0.25, -0.2) is 0 Å². The summed E-state index contributed by atoms with van der Waals surface area (Å²) in [6.45, 7) is 0. The third-order valence-electron chi connectivity index (χ3n) is 4.43. The molecule has 3 nitrogen and oxygen atoms in total. The Labute approximate surface area is 135 Å². The number of ketones is 1. The monoisotopic (exact) mass is 338 g/mol. The van der Waals surface area contributed by atoms with Gasteiger partial charge in [-0.15, -0.1) is 0 Å². The Bertz CT molecular complexity index is 650. The Morgan fingerprint density at radius 1 is 1.29 bits per heavy atom. The molecule has 1 aliphatic carbocycles. The van der Waals surface area contributed by atoms with Crippen LogP contribution in [0.4, 0.5) is 0 Å². The third kappa shape index (κ3) is 3.16. The predicted molar refractivity (Wildman–Crippen MR) is 85.0 cm³/mol. The van der Waals surface area contributed by atoms with Crippen molar-refractivity contribution in [2.45, 2.75) is 38.5 Å². The van der Waals surface area contributed by atoms with Crippen LogP contribution in [0.25, 0.3) is 10.9 Å². The molecule has 0 atom stereocenters. The van der Waals surface area contributed by atoms with E-state index >= 15 is 0 Å². The molecule has 0 amide bonds. The molecule has 0 unspecified atom stereocenters. The zero-order chi connectivity index (χ0) is 14.7. The molecule has 21 heavy (non-hydrogen) atoms. The predicted octanol–water partition coefficient (Wildman–Crippen LogP) is 3.58. The van der Waals surface area contributed by atoms with Crippen molar-refractivity contribution in [3.63, 3.8) is 0 Å². The van der Waals surface area contributed by atoms with E-state index in [0.29, 0.717) is 36.7 Å². The van der Waals surface area contributed by atoms with Crippen LogP contribution in [0.2, 0.25) is 0 Å². The standard InChI is InChI=1S/C17H19NO2.Ga.H/c19-15(10-7-12-4-1-2-5-12)14-9-8-13-6-3-11-18-16(13)17(14)20;;/h3,6,8-9,11-12,20H,1-2,4-5,7,10H2;;/q;+1;/p-1. The minimum atomic E-state index is 0.193. The summed E-state index contributed by atoms with van der Waals surface area (Å²) in [6.07, 6.45) is 8.61. The van der Waals surface area contributed by atoms with Gasteiger partial charge in [-0.05, 0) is 0 Å². The van der Waals surface area contributed by atoms with Crippen LogP contribution in [-0.4, -0.2) is 29.7 Å². The maximum atomic E-state index is 12.5. The number of rotatable bonds is 5. The van der Waals surface area contributed by atoms with Gasteiger partial charge < -0.3 is 0 Å². The summed E-state index contributed by atoms with van der Waals surface area (Å²) >= 11 is 0.665. The number of nitrogens with zero attached hydrogens (tertiary/aromatic N) is 1. The molecule has 0 spiro atoms. The molecule has 1 aromatic carbocycles. The van der Waals surface area contributed by atoms with Crippen LogP contribution >= 0.6 is 0 Å². The van der Waals surface area contributed by atoms with E-state index in [2.05, 4.69) is 4.98 Å². The van der Waals surface area contributed by atoms with Crippen LogP contribution in [0.1, 0.15) is 48.9 Å². The Morgan fingerprint density at radius 3 is 2.86 bits per heavy atom. The summed E-state index contributed by atoms with van der Waals surface area (Å²) in [5.74, 6) is 1.61. The number of Topliss-reactive ketones (excluding diaryl/α,β-unsaturated/α-hetero) is 1. The quantitative estimate of drug-likeness (QED) is 0.617. The van der Waals surface area contributed by atoms with Crippen molar-refractivity contribution >= 4 is 35.7 Å². The molecule has 0 N–H and O–H groups in total. The first-order valence-corrected chi connectivity index (χ1v) is 8.83. The van der Waals surface area contributed by atoms with Crippen molar-refractivity contribution in [3.05, 3.63) is 36.0 Å². The van der Waals surface area contributed by atoms with Crippen LogP contribution in [-0.2, 0) is 0 Å². The second-order valence-electron chi connectivity index (χ2n) is 5.77. The molecule has 107 valence electrons. The summed E-state index contributed by atoms with van der Waals surface area (Å²) < 4.78 is 5.59. The minimum absolute atomic E-state index is 0.193. The van der Waals surface area contributed by atoms with E-state index in [1.807, 2.05) is 24.3 Å². The number of carbonyl (C=O) groups is 1. The van der Waals surface area contributed by atoms with Gasteiger partial charge in [0.2, 0.25) is 0 Å². The summed E-state index contributed by atoms with van der Waals surface area (Å²) in [5.41, 5.74) is 1.50. The van der Waals surface area contributed by atoms with Crippen molar-refractivity contribution in [1.29, 1.82) is 0 Å². The van der Waals surface area contributed by atoms with Crippen LogP contribution in [0, 0.1) is 5.92 Å². The molecule has 1 aromatic heterocycles. The Hall–Kier alpha value is -1.26. The summed E-state index contributed by atoms with van der Waals surface area (Å²) in [6, 6.07) is 7.76. The Kier molecular flexibility index (Phi) is 4.65. The molecule has 1 saturated carbocycles. The molecule has 4 heteroatoms. The van der Waals surface area contributed by atoms with E-state index in [0.717, 1.165) is 23.2 Å². The van der Waals surface area contributed by atoms with Gasteiger partial charge in [0.05, 0.1) is 0 Å². The molecule has 0 saturated heterocycles. The number of benzene rings is 1. The van der Waals surface area contributed by atoms with E-state index in [-0.39, 0.29) is 5.78 Å². The van der Waals surface area contributed by atoms with Crippen molar-refractivity contribution in [2.75, 3.05) is 0 Å². The van der Waals surface area contributed by atoms with Gasteiger partial charge in [0.25, 0.3) is 0 Å². The average molecular weight is 339 g/mol. The Balaban J connectivity index is 1.83. The van der Waals surface area contributed by atoms with Crippen LogP contribution in [0.5, 0.6) is 5.75 Å². The number of pyridine rings is 1. The van der Waals surface area contributed by atoms with Gasteiger partial charge in [-0.2, -0.15) is 0 Å². The molecule has 1 aliphatic rings. The van der Waals surface area contributed by atoms with Crippen molar-refractivity contribution in [1.82, 2.24) is 4.98 Å². The molecule has 0 bridgehead atoms. The van der Waals surface area contributed by atoms with Gasteiger partial charge in [0.15, 0.2) is 0 Å². The first-order chi connectivity index (χ1) is 10.3. The van der Waals surface area contributed by atoms with E-state index in [1.54, 1.807) is 6.20 Å². The van der Waals surface area contributed by atoms with Gasteiger partial charge in [0, 0.05) is 0 Å². The van der Waals surface area contributed by atoms with Crippen molar-refractivity contribution < 1.29 is 8.32 Å². The maximum absolute atomic E-state index is 12.5. The summed E-state index contributed by atoms with van der Waals surface area (Å²) in [4.78, 5) is 16.9. The van der Waals surface area contributed by atoms with Gasteiger partial charge in [-0.3, -0.25) is 0 Å². The van der Waals surface area contributed by atoms with Crippen LogP contribution in [0.3, 0.4) is 0 Å². The molecule has 1 heterocycles. The average Bonchev–Trinajstić information content (AvgIpc) is 3.04. The van der Waals surface area contributed by atoms with Crippen LogP contribution in [0.15, 0.2) is 30.5 Å².